The van der Waals surface area contributed by atoms with Gasteiger partial charge in [-0.25, -0.2) is 4.79 Å². The van der Waals surface area contributed by atoms with Gasteiger partial charge in [0.1, 0.15) is 0 Å². The SMILES string of the molecule is CCOC1CCC(N2CCC(n3c(=O)[nH]c4ccc(C)cc43)CC2)CC1.Cl. The van der Waals surface area contributed by atoms with Crippen molar-refractivity contribution >= 4 is 23.4 Å². The fraction of sp³-hybridized carbons (Fsp3) is 0.667. The smallest absolute Gasteiger partial charge is 0.326 e. The summed E-state index contributed by atoms with van der Waals surface area (Å²) in [5.74, 6) is 0. The molecule has 2 aliphatic rings. The molecule has 0 unspecified atom stereocenters. The number of H-pyrrole nitrogens is 1. The molecular formula is C21H32ClN3O2. The maximum absolute atomic E-state index is 12.5. The van der Waals surface area contributed by atoms with E-state index < -0.39 is 0 Å². The third-order valence-electron chi connectivity index (χ3n) is 6.30. The summed E-state index contributed by atoms with van der Waals surface area (Å²) in [5.41, 5.74) is 3.26. The average Bonchev–Trinajstić information content (AvgIpc) is 2.98. The molecule has 0 atom stereocenters. The second-order valence-electron chi connectivity index (χ2n) is 7.97. The largest absolute Gasteiger partial charge is 0.379 e. The van der Waals surface area contributed by atoms with E-state index in [1.165, 1.54) is 31.2 Å². The number of nitrogens with zero attached hydrogens (tertiary/aromatic N) is 2. The van der Waals surface area contributed by atoms with Crippen molar-refractivity contribution in [3.05, 3.63) is 34.2 Å². The standard InChI is InChI=1S/C21H31N3O2.ClH/c1-3-26-18-7-5-16(6-8-18)23-12-10-17(11-13-23)24-20-14-15(2)4-9-19(20)22-21(24)25;/h4,9,14,16-18H,3,5-8,10-13H2,1-2H3,(H,22,25);1H. The van der Waals surface area contributed by atoms with E-state index in [1.807, 2.05) is 10.6 Å². The highest BCUT2D eigenvalue weighted by Crippen LogP contribution is 2.31. The Bertz CT molecular complexity index is 799. The van der Waals surface area contributed by atoms with E-state index in [1.54, 1.807) is 0 Å². The average molecular weight is 394 g/mol. The van der Waals surface area contributed by atoms with Crippen molar-refractivity contribution in [2.45, 2.75) is 70.6 Å². The lowest BCUT2D eigenvalue weighted by Crippen LogP contribution is -2.45. The molecular weight excluding hydrogens is 362 g/mol. The van der Waals surface area contributed by atoms with Crippen molar-refractivity contribution in [1.29, 1.82) is 0 Å². The third-order valence-corrected chi connectivity index (χ3v) is 6.30. The summed E-state index contributed by atoms with van der Waals surface area (Å²) in [5, 5.41) is 0. The number of piperidine rings is 1. The van der Waals surface area contributed by atoms with Gasteiger partial charge in [-0.1, -0.05) is 6.07 Å². The van der Waals surface area contributed by atoms with Gasteiger partial charge in [0.05, 0.1) is 17.1 Å². The number of hydrogen-bond acceptors (Lipinski definition) is 3. The van der Waals surface area contributed by atoms with Crippen LogP contribution in [0.25, 0.3) is 11.0 Å². The van der Waals surface area contributed by atoms with Gasteiger partial charge in [-0.05, 0) is 70.1 Å². The van der Waals surface area contributed by atoms with Crippen molar-refractivity contribution in [3.8, 4) is 0 Å². The number of likely N-dealkylation sites (tertiary alicyclic amines) is 1. The van der Waals surface area contributed by atoms with Crippen LogP contribution in [-0.2, 0) is 4.74 Å². The normalized spacial score (nSPS) is 24.8. The van der Waals surface area contributed by atoms with Crippen molar-refractivity contribution in [2.24, 2.45) is 0 Å². The molecule has 1 saturated carbocycles. The number of hydrogen-bond donors (Lipinski definition) is 1. The molecule has 1 saturated heterocycles. The summed E-state index contributed by atoms with van der Waals surface area (Å²) in [6.45, 7) is 7.20. The molecule has 2 fully saturated rings. The highest BCUT2D eigenvalue weighted by atomic mass is 35.5. The number of nitrogens with one attached hydrogen (secondary N) is 1. The Hall–Kier alpha value is -1.30. The maximum Gasteiger partial charge on any atom is 0.326 e. The highest BCUT2D eigenvalue weighted by Gasteiger charge is 2.30. The minimum atomic E-state index is 0. The zero-order valence-electron chi connectivity index (χ0n) is 16.4. The molecule has 1 aromatic carbocycles. The lowest BCUT2D eigenvalue weighted by molar-refractivity contribution is 0.00796. The molecule has 4 rings (SSSR count). The van der Waals surface area contributed by atoms with Crippen LogP contribution in [0.1, 0.15) is 57.1 Å². The first-order chi connectivity index (χ1) is 12.7. The fourth-order valence-electron chi connectivity index (χ4n) is 4.92. The Labute approximate surface area is 167 Å². The fourth-order valence-corrected chi connectivity index (χ4v) is 4.92. The number of aromatic amines is 1. The first kappa shape index (κ1) is 20.4. The summed E-state index contributed by atoms with van der Waals surface area (Å²) in [6, 6.07) is 7.23. The van der Waals surface area contributed by atoms with Crippen molar-refractivity contribution < 1.29 is 4.74 Å². The molecule has 2 aromatic rings. The summed E-state index contributed by atoms with van der Waals surface area (Å²) < 4.78 is 7.79. The molecule has 0 spiro atoms. The van der Waals surface area contributed by atoms with Crippen LogP contribution in [0.3, 0.4) is 0 Å². The van der Waals surface area contributed by atoms with E-state index in [4.69, 9.17) is 4.74 Å². The summed E-state index contributed by atoms with van der Waals surface area (Å²) in [4.78, 5) is 18.2. The molecule has 1 aliphatic heterocycles. The molecule has 1 N–H and O–H groups in total. The van der Waals surface area contributed by atoms with Crippen LogP contribution in [0.15, 0.2) is 23.0 Å². The van der Waals surface area contributed by atoms with Crippen LogP contribution in [-0.4, -0.2) is 46.3 Å². The van der Waals surface area contributed by atoms with Gasteiger partial charge in [-0.2, -0.15) is 0 Å². The number of imidazole rings is 1. The second-order valence-corrected chi connectivity index (χ2v) is 7.97. The molecule has 27 heavy (non-hydrogen) atoms. The van der Waals surface area contributed by atoms with Crippen LogP contribution in [0.5, 0.6) is 0 Å². The minimum absolute atomic E-state index is 0. The number of aromatic nitrogens is 2. The topological polar surface area (TPSA) is 50.3 Å². The zero-order chi connectivity index (χ0) is 18.1. The number of ether oxygens (including phenoxy) is 1. The van der Waals surface area contributed by atoms with E-state index in [-0.39, 0.29) is 18.1 Å². The third kappa shape index (κ3) is 4.25. The molecule has 1 aliphatic carbocycles. The van der Waals surface area contributed by atoms with Crippen molar-refractivity contribution in [3.63, 3.8) is 0 Å². The highest BCUT2D eigenvalue weighted by molar-refractivity contribution is 5.85. The van der Waals surface area contributed by atoms with Gasteiger partial charge in [0.2, 0.25) is 0 Å². The van der Waals surface area contributed by atoms with Gasteiger partial charge < -0.3 is 14.6 Å². The summed E-state index contributed by atoms with van der Waals surface area (Å²) in [7, 11) is 0. The molecule has 1 aromatic heterocycles. The van der Waals surface area contributed by atoms with Gasteiger partial charge in [0.25, 0.3) is 0 Å². The molecule has 150 valence electrons. The number of fused-ring (bicyclic) bond motifs is 1. The quantitative estimate of drug-likeness (QED) is 0.852. The van der Waals surface area contributed by atoms with E-state index in [2.05, 4.69) is 35.9 Å². The first-order valence-corrected chi connectivity index (χ1v) is 10.2. The van der Waals surface area contributed by atoms with Crippen LogP contribution >= 0.6 is 12.4 Å². The van der Waals surface area contributed by atoms with Gasteiger partial charge in [0, 0.05) is 31.8 Å². The summed E-state index contributed by atoms with van der Waals surface area (Å²) in [6.07, 6.45) is 7.49. The van der Waals surface area contributed by atoms with Crippen molar-refractivity contribution in [1.82, 2.24) is 14.5 Å². The Morgan fingerprint density at radius 3 is 2.44 bits per heavy atom. The molecule has 6 heteroatoms. The van der Waals surface area contributed by atoms with Crippen LogP contribution < -0.4 is 5.69 Å². The van der Waals surface area contributed by atoms with Gasteiger partial charge in [-0.15, -0.1) is 12.4 Å². The molecule has 5 nitrogen and oxygen atoms in total. The van der Waals surface area contributed by atoms with Crippen LogP contribution in [0.4, 0.5) is 0 Å². The van der Waals surface area contributed by atoms with E-state index in [0.717, 1.165) is 43.6 Å². The van der Waals surface area contributed by atoms with E-state index >= 15 is 0 Å². The van der Waals surface area contributed by atoms with E-state index in [0.29, 0.717) is 18.2 Å². The predicted octanol–water partition coefficient (Wildman–Crippen LogP) is 4.04. The van der Waals surface area contributed by atoms with Gasteiger partial charge in [0.15, 0.2) is 0 Å². The van der Waals surface area contributed by atoms with Gasteiger partial charge in [-0.3, -0.25) is 4.57 Å². The summed E-state index contributed by atoms with van der Waals surface area (Å²) >= 11 is 0. The lowest BCUT2D eigenvalue weighted by Gasteiger charge is -2.40. The number of rotatable bonds is 4. The number of aryl methyl sites for hydroxylation is 1. The predicted molar refractivity (Wildman–Crippen MR) is 112 cm³/mol. The molecule has 0 amide bonds. The first-order valence-electron chi connectivity index (χ1n) is 10.2. The minimum Gasteiger partial charge on any atom is -0.379 e. The Kier molecular flexibility index (Phi) is 6.66. The monoisotopic (exact) mass is 393 g/mol. The zero-order valence-corrected chi connectivity index (χ0v) is 17.3. The molecule has 0 radical (unpaired) electrons. The van der Waals surface area contributed by atoms with Gasteiger partial charge >= 0.3 is 5.69 Å². The Morgan fingerprint density at radius 1 is 1.07 bits per heavy atom. The number of benzene rings is 1. The number of halogens is 1. The van der Waals surface area contributed by atoms with Crippen LogP contribution in [0.2, 0.25) is 0 Å². The van der Waals surface area contributed by atoms with Crippen LogP contribution in [0, 0.1) is 6.92 Å². The molecule has 0 bridgehead atoms. The second kappa shape index (κ2) is 8.80. The lowest BCUT2D eigenvalue weighted by atomic mass is 9.90. The Morgan fingerprint density at radius 2 is 1.78 bits per heavy atom. The molecule has 2 heterocycles. The maximum atomic E-state index is 12.5. The van der Waals surface area contributed by atoms with E-state index in [9.17, 15) is 4.79 Å². The Balaban J connectivity index is 0.00000210. The van der Waals surface area contributed by atoms with Crippen molar-refractivity contribution in [2.75, 3.05) is 19.7 Å².